The Morgan fingerprint density at radius 3 is 2.89 bits per heavy atom. The molecule has 98 valence electrons. The van der Waals surface area contributed by atoms with Gasteiger partial charge in [-0.05, 0) is 38.0 Å². The van der Waals surface area contributed by atoms with Crippen molar-refractivity contribution in [2.24, 2.45) is 0 Å². The minimum atomic E-state index is -0.0492. The number of hydrogen-bond donors (Lipinski definition) is 2. The van der Waals surface area contributed by atoms with Gasteiger partial charge in [-0.15, -0.1) is 0 Å². The van der Waals surface area contributed by atoms with Gasteiger partial charge < -0.3 is 15.4 Å². The fourth-order valence-electron chi connectivity index (χ4n) is 2.25. The first-order valence-electron chi connectivity index (χ1n) is 6.39. The largest absolute Gasteiger partial charge is 0.382 e. The van der Waals surface area contributed by atoms with Crippen LogP contribution in [0.1, 0.15) is 26.7 Å². The highest BCUT2D eigenvalue weighted by Crippen LogP contribution is 2.21. The van der Waals surface area contributed by atoms with Crippen LogP contribution in [0.2, 0.25) is 0 Å². The molecule has 2 rings (SSSR count). The molecule has 0 aromatic heterocycles. The molecule has 2 atom stereocenters. The Balaban J connectivity index is 1.98. The molecule has 1 aliphatic rings. The molecule has 1 aliphatic heterocycles. The number of anilines is 2. The summed E-state index contributed by atoms with van der Waals surface area (Å²) in [6.07, 6.45) is 2.36. The Kier molecular flexibility index (Phi) is 4.20. The molecule has 1 heterocycles. The number of ether oxygens (including phenoxy) is 1. The predicted molar refractivity (Wildman–Crippen MR) is 72.8 cm³/mol. The van der Waals surface area contributed by atoms with Crippen molar-refractivity contribution >= 4 is 17.3 Å². The summed E-state index contributed by atoms with van der Waals surface area (Å²) in [5, 5.41) is 6.28. The van der Waals surface area contributed by atoms with Gasteiger partial charge >= 0.3 is 0 Å². The van der Waals surface area contributed by atoms with E-state index >= 15 is 0 Å². The molecule has 1 fully saturated rings. The molecule has 2 N–H and O–H groups in total. The number of rotatable bonds is 3. The van der Waals surface area contributed by atoms with Crippen LogP contribution in [0.15, 0.2) is 24.3 Å². The maximum Gasteiger partial charge on any atom is 0.221 e. The standard InChI is InChI=1S/C14H20N2O2/c1-10-8-14(6-7-18-10)16-13-5-3-4-12(9-13)15-11(2)17/h3-5,9-10,14,16H,6-8H2,1-2H3,(H,15,17). The van der Waals surface area contributed by atoms with Crippen LogP contribution in [0, 0.1) is 0 Å². The third-order valence-electron chi connectivity index (χ3n) is 3.04. The van der Waals surface area contributed by atoms with Crippen molar-refractivity contribution in [3.63, 3.8) is 0 Å². The van der Waals surface area contributed by atoms with Crippen molar-refractivity contribution in [3.05, 3.63) is 24.3 Å². The van der Waals surface area contributed by atoms with Crippen molar-refractivity contribution in [1.82, 2.24) is 0 Å². The molecular formula is C14H20N2O2. The van der Waals surface area contributed by atoms with Gasteiger partial charge in [0.25, 0.3) is 0 Å². The Labute approximate surface area is 108 Å². The summed E-state index contributed by atoms with van der Waals surface area (Å²) < 4.78 is 5.53. The zero-order valence-corrected chi connectivity index (χ0v) is 10.9. The van der Waals surface area contributed by atoms with E-state index in [1.54, 1.807) is 0 Å². The highest BCUT2D eigenvalue weighted by molar-refractivity contribution is 5.89. The molecule has 0 aliphatic carbocycles. The van der Waals surface area contributed by atoms with Crippen molar-refractivity contribution in [2.75, 3.05) is 17.2 Å². The van der Waals surface area contributed by atoms with Gasteiger partial charge in [0.05, 0.1) is 6.10 Å². The second-order valence-corrected chi connectivity index (χ2v) is 4.81. The van der Waals surface area contributed by atoms with Crippen LogP contribution in [0.5, 0.6) is 0 Å². The summed E-state index contributed by atoms with van der Waals surface area (Å²) in [7, 11) is 0. The first-order valence-corrected chi connectivity index (χ1v) is 6.39. The molecule has 4 nitrogen and oxygen atoms in total. The molecule has 1 aromatic rings. The maximum absolute atomic E-state index is 11.0. The zero-order valence-electron chi connectivity index (χ0n) is 10.9. The molecule has 1 amide bonds. The Morgan fingerprint density at radius 2 is 2.17 bits per heavy atom. The number of carbonyl (C=O) groups is 1. The molecule has 0 saturated carbocycles. The van der Waals surface area contributed by atoms with Gasteiger partial charge in [-0.2, -0.15) is 0 Å². The lowest BCUT2D eigenvalue weighted by atomic mass is 10.0. The second kappa shape index (κ2) is 5.87. The fraction of sp³-hybridized carbons (Fsp3) is 0.500. The molecule has 0 spiro atoms. The summed E-state index contributed by atoms with van der Waals surface area (Å²) >= 11 is 0. The quantitative estimate of drug-likeness (QED) is 0.864. The summed E-state index contributed by atoms with van der Waals surface area (Å²) in [4.78, 5) is 11.0. The Bertz CT molecular complexity index is 420. The van der Waals surface area contributed by atoms with E-state index in [1.165, 1.54) is 6.92 Å². The van der Waals surface area contributed by atoms with Crippen molar-refractivity contribution < 1.29 is 9.53 Å². The van der Waals surface area contributed by atoms with E-state index in [-0.39, 0.29) is 5.91 Å². The minimum Gasteiger partial charge on any atom is -0.382 e. The monoisotopic (exact) mass is 248 g/mol. The zero-order chi connectivity index (χ0) is 13.0. The van der Waals surface area contributed by atoms with E-state index in [1.807, 2.05) is 24.3 Å². The normalized spacial score (nSPS) is 23.4. The van der Waals surface area contributed by atoms with E-state index in [2.05, 4.69) is 17.6 Å². The van der Waals surface area contributed by atoms with Crippen LogP contribution < -0.4 is 10.6 Å². The second-order valence-electron chi connectivity index (χ2n) is 4.81. The first kappa shape index (κ1) is 12.9. The van der Waals surface area contributed by atoms with Gasteiger partial charge in [0.2, 0.25) is 5.91 Å². The Morgan fingerprint density at radius 1 is 1.39 bits per heavy atom. The lowest BCUT2D eigenvalue weighted by Gasteiger charge is -2.28. The average Bonchev–Trinajstić information content (AvgIpc) is 2.28. The first-order chi connectivity index (χ1) is 8.63. The number of benzene rings is 1. The summed E-state index contributed by atoms with van der Waals surface area (Å²) in [5.74, 6) is -0.0492. The number of nitrogens with one attached hydrogen (secondary N) is 2. The van der Waals surface area contributed by atoms with Crippen LogP contribution in [-0.4, -0.2) is 24.7 Å². The van der Waals surface area contributed by atoms with Crippen molar-refractivity contribution in [3.8, 4) is 0 Å². The molecule has 1 saturated heterocycles. The van der Waals surface area contributed by atoms with Crippen LogP contribution in [0.3, 0.4) is 0 Å². The third-order valence-corrected chi connectivity index (χ3v) is 3.04. The van der Waals surface area contributed by atoms with Gasteiger partial charge in [0.1, 0.15) is 0 Å². The highest BCUT2D eigenvalue weighted by Gasteiger charge is 2.18. The van der Waals surface area contributed by atoms with Gasteiger partial charge in [0, 0.05) is 30.9 Å². The highest BCUT2D eigenvalue weighted by atomic mass is 16.5. The molecule has 0 radical (unpaired) electrons. The SMILES string of the molecule is CC(=O)Nc1cccc(NC2CCOC(C)C2)c1. The van der Waals surface area contributed by atoms with E-state index < -0.39 is 0 Å². The van der Waals surface area contributed by atoms with E-state index in [4.69, 9.17) is 4.74 Å². The predicted octanol–water partition coefficient (Wildman–Crippen LogP) is 2.62. The summed E-state index contributed by atoms with van der Waals surface area (Å²) in [5.41, 5.74) is 1.87. The molecule has 4 heteroatoms. The maximum atomic E-state index is 11.0. The lowest BCUT2D eigenvalue weighted by molar-refractivity contribution is -0.114. The minimum absolute atomic E-state index is 0.0492. The van der Waals surface area contributed by atoms with Gasteiger partial charge in [0.15, 0.2) is 0 Å². The van der Waals surface area contributed by atoms with E-state index in [0.717, 1.165) is 30.8 Å². The summed E-state index contributed by atoms with van der Waals surface area (Å²) in [6, 6.07) is 8.25. The van der Waals surface area contributed by atoms with E-state index in [9.17, 15) is 4.79 Å². The van der Waals surface area contributed by atoms with Crippen LogP contribution in [-0.2, 0) is 9.53 Å². The van der Waals surface area contributed by atoms with Crippen molar-refractivity contribution in [2.45, 2.75) is 38.8 Å². The lowest BCUT2D eigenvalue weighted by Crippen LogP contribution is -2.32. The molecule has 1 aromatic carbocycles. The molecule has 0 bridgehead atoms. The average molecular weight is 248 g/mol. The van der Waals surface area contributed by atoms with Gasteiger partial charge in [-0.1, -0.05) is 6.07 Å². The smallest absolute Gasteiger partial charge is 0.221 e. The molecule has 18 heavy (non-hydrogen) atoms. The van der Waals surface area contributed by atoms with Crippen molar-refractivity contribution in [1.29, 1.82) is 0 Å². The number of amides is 1. The Hall–Kier alpha value is -1.55. The molecule has 2 unspecified atom stereocenters. The van der Waals surface area contributed by atoms with Crippen LogP contribution >= 0.6 is 0 Å². The van der Waals surface area contributed by atoms with Crippen LogP contribution in [0.4, 0.5) is 11.4 Å². The number of carbonyl (C=O) groups excluding carboxylic acids is 1. The number of hydrogen-bond acceptors (Lipinski definition) is 3. The summed E-state index contributed by atoms with van der Waals surface area (Å²) in [6.45, 7) is 4.42. The topological polar surface area (TPSA) is 50.4 Å². The van der Waals surface area contributed by atoms with Crippen LogP contribution in [0.25, 0.3) is 0 Å². The van der Waals surface area contributed by atoms with E-state index in [0.29, 0.717) is 12.1 Å². The molecular weight excluding hydrogens is 228 g/mol. The van der Waals surface area contributed by atoms with Gasteiger partial charge in [-0.25, -0.2) is 0 Å². The fourth-order valence-corrected chi connectivity index (χ4v) is 2.25. The third kappa shape index (κ3) is 3.74. The van der Waals surface area contributed by atoms with Gasteiger partial charge in [-0.3, -0.25) is 4.79 Å².